The van der Waals surface area contributed by atoms with E-state index < -0.39 is 11.2 Å². The summed E-state index contributed by atoms with van der Waals surface area (Å²) in [4.78, 5) is 41.6. The highest BCUT2D eigenvalue weighted by Gasteiger charge is 2.23. The molecule has 6 nitrogen and oxygen atoms in total. The van der Waals surface area contributed by atoms with E-state index in [0.29, 0.717) is 20.6 Å². The SMILES string of the molecule is Nc1c(C(=O)c2ccc(Cl)s2)sc2c1c(=O)[nH]c(=O)n2Cc1cccs1. The number of hydrogen-bond donors (Lipinski definition) is 2. The van der Waals surface area contributed by atoms with E-state index in [-0.39, 0.29) is 21.7 Å². The number of nitrogens with zero attached hydrogens (tertiary/aromatic N) is 1. The minimum atomic E-state index is -0.593. The molecular weight excluding hydrogens is 414 g/mol. The zero-order valence-corrected chi connectivity index (χ0v) is 16.2. The summed E-state index contributed by atoms with van der Waals surface area (Å²) in [6, 6.07) is 7.02. The number of nitrogens with one attached hydrogen (secondary N) is 1. The molecule has 0 aliphatic carbocycles. The Kier molecular flexibility index (Phi) is 4.31. The minimum absolute atomic E-state index is 0.0840. The summed E-state index contributed by atoms with van der Waals surface area (Å²) in [6.07, 6.45) is 0. The van der Waals surface area contributed by atoms with Gasteiger partial charge in [-0.25, -0.2) is 4.79 Å². The van der Waals surface area contributed by atoms with Gasteiger partial charge in [0.1, 0.15) is 9.71 Å². The van der Waals surface area contributed by atoms with Crippen LogP contribution in [0.2, 0.25) is 4.34 Å². The first-order chi connectivity index (χ1) is 12.5. The average molecular weight is 424 g/mol. The van der Waals surface area contributed by atoms with Crippen molar-refractivity contribution in [3.05, 3.63) is 69.5 Å². The third kappa shape index (κ3) is 2.82. The number of fused-ring (bicyclic) bond motifs is 1. The fourth-order valence-corrected chi connectivity index (χ4v) is 5.50. The largest absolute Gasteiger partial charge is 0.397 e. The van der Waals surface area contributed by atoms with Gasteiger partial charge in [-0.2, -0.15) is 0 Å². The van der Waals surface area contributed by atoms with E-state index in [1.165, 1.54) is 15.9 Å². The zero-order valence-electron chi connectivity index (χ0n) is 12.9. The number of nitrogen functional groups attached to an aromatic ring is 1. The second-order valence-corrected chi connectivity index (χ2v) is 9.13. The molecule has 0 saturated heterocycles. The Morgan fingerprint density at radius 1 is 1.23 bits per heavy atom. The smallest absolute Gasteiger partial charge is 0.329 e. The number of halogens is 1. The van der Waals surface area contributed by atoms with Gasteiger partial charge in [-0.3, -0.25) is 19.1 Å². The standard InChI is InChI=1S/C16H10ClN3O3S3/c17-9-4-3-8(25-9)12(21)13-11(18)10-14(22)19-16(23)20(15(10)26-13)6-7-2-1-5-24-7/h1-5H,6,18H2,(H,19,22,23). The molecule has 26 heavy (non-hydrogen) atoms. The van der Waals surface area contributed by atoms with Crippen LogP contribution >= 0.6 is 45.6 Å². The molecule has 4 rings (SSSR count). The van der Waals surface area contributed by atoms with Crippen LogP contribution < -0.4 is 17.0 Å². The van der Waals surface area contributed by atoms with E-state index in [1.807, 2.05) is 17.5 Å². The normalized spacial score (nSPS) is 11.3. The number of hydrogen-bond acceptors (Lipinski definition) is 7. The predicted octanol–water partition coefficient (Wildman–Crippen LogP) is 3.39. The highest BCUT2D eigenvalue weighted by molar-refractivity contribution is 7.23. The lowest BCUT2D eigenvalue weighted by atomic mass is 10.2. The second-order valence-electron chi connectivity index (χ2n) is 5.38. The van der Waals surface area contributed by atoms with Gasteiger partial charge in [0.15, 0.2) is 0 Å². The predicted molar refractivity (Wildman–Crippen MR) is 107 cm³/mol. The van der Waals surface area contributed by atoms with Crippen LogP contribution in [0.25, 0.3) is 10.2 Å². The molecule has 0 atom stereocenters. The molecule has 4 aromatic heterocycles. The van der Waals surface area contributed by atoms with Crippen LogP contribution in [0.3, 0.4) is 0 Å². The first-order valence-electron chi connectivity index (χ1n) is 7.33. The Hall–Kier alpha value is -2.20. The molecule has 3 N–H and O–H groups in total. The van der Waals surface area contributed by atoms with Crippen molar-refractivity contribution in [1.29, 1.82) is 0 Å². The van der Waals surface area contributed by atoms with Crippen molar-refractivity contribution >= 4 is 67.3 Å². The number of anilines is 1. The van der Waals surface area contributed by atoms with Gasteiger partial charge in [-0.05, 0) is 23.6 Å². The number of carbonyl (C=O) groups is 1. The first-order valence-corrected chi connectivity index (χ1v) is 10.2. The Bertz CT molecular complexity index is 1250. The molecule has 132 valence electrons. The van der Waals surface area contributed by atoms with Gasteiger partial charge < -0.3 is 5.73 Å². The number of H-pyrrole nitrogens is 1. The van der Waals surface area contributed by atoms with Crippen LogP contribution in [0.4, 0.5) is 5.69 Å². The van der Waals surface area contributed by atoms with Gasteiger partial charge in [0.2, 0.25) is 5.78 Å². The molecule has 0 aliphatic rings. The van der Waals surface area contributed by atoms with Gasteiger partial charge in [-0.15, -0.1) is 34.0 Å². The van der Waals surface area contributed by atoms with E-state index in [4.69, 9.17) is 17.3 Å². The molecule has 10 heteroatoms. The van der Waals surface area contributed by atoms with E-state index in [2.05, 4.69) is 4.98 Å². The van der Waals surface area contributed by atoms with E-state index in [1.54, 1.807) is 12.1 Å². The number of aromatic nitrogens is 2. The van der Waals surface area contributed by atoms with E-state index >= 15 is 0 Å². The highest BCUT2D eigenvalue weighted by atomic mass is 35.5. The molecule has 0 fully saturated rings. The molecule has 0 amide bonds. The molecule has 0 aliphatic heterocycles. The fourth-order valence-electron chi connectivity index (χ4n) is 2.58. The van der Waals surface area contributed by atoms with Gasteiger partial charge in [-0.1, -0.05) is 17.7 Å². The van der Waals surface area contributed by atoms with E-state index in [9.17, 15) is 14.4 Å². The number of rotatable bonds is 4. The molecule has 0 saturated carbocycles. The van der Waals surface area contributed by atoms with Crippen LogP contribution in [0.1, 0.15) is 19.4 Å². The average Bonchev–Trinajstić information content (AvgIpc) is 3.31. The number of aromatic amines is 1. The van der Waals surface area contributed by atoms with Crippen molar-refractivity contribution in [2.45, 2.75) is 6.54 Å². The summed E-state index contributed by atoms with van der Waals surface area (Å²) < 4.78 is 1.92. The first kappa shape index (κ1) is 17.2. The maximum atomic E-state index is 12.8. The lowest BCUT2D eigenvalue weighted by Crippen LogP contribution is -2.30. The lowest BCUT2D eigenvalue weighted by Gasteiger charge is -2.04. The minimum Gasteiger partial charge on any atom is -0.397 e. The Balaban J connectivity index is 1.93. The fraction of sp³-hybridized carbons (Fsp3) is 0.0625. The third-order valence-electron chi connectivity index (χ3n) is 3.76. The summed E-state index contributed by atoms with van der Waals surface area (Å²) in [5.41, 5.74) is 5.06. The molecule has 0 aromatic carbocycles. The lowest BCUT2D eigenvalue weighted by molar-refractivity contribution is 0.104. The Morgan fingerprint density at radius 2 is 2.04 bits per heavy atom. The van der Waals surface area contributed by atoms with Gasteiger partial charge in [0.25, 0.3) is 5.56 Å². The molecule has 0 spiro atoms. The quantitative estimate of drug-likeness (QED) is 0.491. The second kappa shape index (κ2) is 6.51. The molecule has 0 unspecified atom stereocenters. The van der Waals surface area contributed by atoms with Crippen LogP contribution in [-0.4, -0.2) is 15.3 Å². The Morgan fingerprint density at radius 3 is 2.69 bits per heavy atom. The number of thiophene rings is 3. The van der Waals surface area contributed by atoms with Gasteiger partial charge in [0.05, 0.1) is 26.8 Å². The molecular formula is C16H10ClN3O3S3. The monoisotopic (exact) mass is 423 g/mol. The maximum absolute atomic E-state index is 12.8. The summed E-state index contributed by atoms with van der Waals surface area (Å²) in [7, 11) is 0. The van der Waals surface area contributed by atoms with Crippen LogP contribution in [0.5, 0.6) is 0 Å². The summed E-state index contributed by atoms with van der Waals surface area (Å²) in [5, 5.41) is 2.07. The molecule has 4 aromatic rings. The summed E-state index contributed by atoms with van der Waals surface area (Å²) in [6.45, 7) is 0.294. The maximum Gasteiger partial charge on any atom is 0.329 e. The van der Waals surface area contributed by atoms with Gasteiger partial charge in [0, 0.05) is 4.88 Å². The van der Waals surface area contributed by atoms with Crippen molar-refractivity contribution in [3.8, 4) is 0 Å². The van der Waals surface area contributed by atoms with E-state index in [0.717, 1.165) is 27.6 Å². The van der Waals surface area contributed by atoms with Crippen molar-refractivity contribution in [2.24, 2.45) is 0 Å². The molecule has 0 radical (unpaired) electrons. The highest BCUT2D eigenvalue weighted by Crippen LogP contribution is 2.34. The number of carbonyl (C=O) groups excluding carboxylic acids is 1. The van der Waals surface area contributed by atoms with Crippen molar-refractivity contribution in [2.75, 3.05) is 5.73 Å². The van der Waals surface area contributed by atoms with Crippen LogP contribution in [-0.2, 0) is 6.54 Å². The van der Waals surface area contributed by atoms with Gasteiger partial charge >= 0.3 is 5.69 Å². The Labute approximate surface area is 163 Å². The van der Waals surface area contributed by atoms with Crippen molar-refractivity contribution in [1.82, 2.24) is 9.55 Å². The zero-order chi connectivity index (χ0) is 18.4. The third-order valence-corrected chi connectivity index (χ3v) is 7.08. The van der Waals surface area contributed by atoms with Crippen molar-refractivity contribution < 1.29 is 4.79 Å². The summed E-state index contributed by atoms with van der Waals surface area (Å²) in [5.74, 6) is -0.310. The van der Waals surface area contributed by atoms with Crippen molar-refractivity contribution in [3.63, 3.8) is 0 Å². The number of ketones is 1. The molecule has 4 heterocycles. The topological polar surface area (TPSA) is 98.0 Å². The van der Waals surface area contributed by atoms with Crippen LogP contribution in [0.15, 0.2) is 39.2 Å². The van der Waals surface area contributed by atoms with Crippen LogP contribution in [0, 0.1) is 0 Å². The number of nitrogens with two attached hydrogens (primary N) is 1. The molecule has 0 bridgehead atoms. The summed E-state index contributed by atoms with van der Waals surface area (Å²) >= 11 is 9.59.